The van der Waals surface area contributed by atoms with Crippen molar-refractivity contribution < 1.29 is 9.53 Å². The predicted molar refractivity (Wildman–Crippen MR) is 43.0 cm³/mol. The molecule has 0 saturated heterocycles. The summed E-state index contributed by atoms with van der Waals surface area (Å²) in [6.45, 7) is 3.32. The zero-order valence-electron chi connectivity index (χ0n) is 6.78. The van der Waals surface area contributed by atoms with Crippen LogP contribution in [0.15, 0.2) is 24.3 Å². The molecule has 1 rings (SSSR count). The fraction of sp³-hybridized carbons (Fsp3) is 0.444. The number of esters is 1. The Hall–Kier alpha value is -1.05. The number of hydrogen-bond acceptors (Lipinski definition) is 2. The molecule has 0 fully saturated rings. The van der Waals surface area contributed by atoms with Crippen LogP contribution in [0.25, 0.3) is 0 Å². The summed E-state index contributed by atoms with van der Waals surface area (Å²) in [5.41, 5.74) is 0. The third-order valence-electron chi connectivity index (χ3n) is 1.67. The minimum atomic E-state index is -0.216. The lowest BCUT2D eigenvalue weighted by Gasteiger charge is -2.15. The molecular weight excluding hydrogens is 140 g/mol. The summed E-state index contributed by atoms with van der Waals surface area (Å²) >= 11 is 0. The fourth-order valence-electron chi connectivity index (χ4n) is 1.10. The smallest absolute Gasteiger partial charge is 0.302 e. The van der Waals surface area contributed by atoms with E-state index in [1.807, 2.05) is 31.2 Å². The van der Waals surface area contributed by atoms with Crippen molar-refractivity contribution >= 4 is 5.97 Å². The molecule has 0 heterocycles. The molecule has 1 unspecified atom stereocenters. The van der Waals surface area contributed by atoms with E-state index >= 15 is 0 Å². The zero-order chi connectivity index (χ0) is 8.27. The Balaban J connectivity index is 2.41. The van der Waals surface area contributed by atoms with Crippen molar-refractivity contribution in [2.75, 3.05) is 0 Å². The fourth-order valence-corrected chi connectivity index (χ4v) is 1.10. The second kappa shape index (κ2) is 3.37. The second-order valence-corrected chi connectivity index (χ2v) is 2.66. The maximum Gasteiger partial charge on any atom is 0.302 e. The number of rotatable bonds is 2. The summed E-state index contributed by atoms with van der Waals surface area (Å²) in [5.74, 6) is 0.0464. The number of ether oxygens (including phenoxy) is 1. The van der Waals surface area contributed by atoms with Crippen LogP contribution in [0.4, 0.5) is 0 Å². The average Bonchev–Trinajstić information content (AvgIpc) is 2.35. The van der Waals surface area contributed by atoms with Gasteiger partial charge in [-0.05, 0) is 6.92 Å². The largest absolute Gasteiger partial charge is 0.462 e. The van der Waals surface area contributed by atoms with Gasteiger partial charge in [-0.15, -0.1) is 0 Å². The first-order valence-electron chi connectivity index (χ1n) is 3.72. The Labute approximate surface area is 66.5 Å². The average molecular weight is 152 g/mol. The van der Waals surface area contributed by atoms with Crippen molar-refractivity contribution in [3.63, 3.8) is 0 Å². The number of carbonyl (C=O) groups is 1. The predicted octanol–water partition coefficient (Wildman–Crippen LogP) is 1.68. The van der Waals surface area contributed by atoms with E-state index in [-0.39, 0.29) is 18.0 Å². The molecule has 0 bridgehead atoms. The third-order valence-corrected chi connectivity index (χ3v) is 1.67. The first-order chi connectivity index (χ1) is 5.20. The molecule has 2 heteroatoms. The third kappa shape index (κ3) is 2.22. The Bertz CT molecular complexity index is 192. The molecule has 2 nitrogen and oxygen atoms in total. The highest BCUT2D eigenvalue weighted by atomic mass is 16.5. The molecule has 0 aromatic heterocycles. The number of allylic oxidation sites excluding steroid dienone is 2. The molecule has 0 aromatic carbocycles. The normalized spacial score (nSPS) is 18.7. The highest BCUT2D eigenvalue weighted by Gasteiger charge is 2.15. The summed E-state index contributed by atoms with van der Waals surface area (Å²) in [6.07, 6.45) is 7.93. The summed E-state index contributed by atoms with van der Waals surface area (Å²) in [7, 11) is 0. The van der Waals surface area contributed by atoms with E-state index in [2.05, 4.69) is 0 Å². The van der Waals surface area contributed by atoms with Crippen molar-refractivity contribution in [3.8, 4) is 0 Å². The van der Waals surface area contributed by atoms with Gasteiger partial charge >= 0.3 is 5.97 Å². The molecule has 0 spiro atoms. The molecule has 11 heavy (non-hydrogen) atoms. The molecule has 0 amide bonds. The van der Waals surface area contributed by atoms with Gasteiger partial charge in [0.2, 0.25) is 0 Å². The summed E-state index contributed by atoms with van der Waals surface area (Å²) < 4.78 is 4.99. The molecule has 1 aliphatic rings. The lowest BCUT2D eigenvalue weighted by atomic mass is 10.1. The minimum Gasteiger partial charge on any atom is -0.462 e. The highest BCUT2D eigenvalue weighted by Crippen LogP contribution is 2.15. The molecule has 0 N–H and O–H groups in total. The molecule has 0 saturated carbocycles. The van der Waals surface area contributed by atoms with Gasteiger partial charge in [-0.2, -0.15) is 0 Å². The molecular formula is C9H12O2. The number of carbonyl (C=O) groups excluding carboxylic acids is 1. The summed E-state index contributed by atoms with van der Waals surface area (Å²) in [4.78, 5) is 10.5. The van der Waals surface area contributed by atoms with Gasteiger partial charge in [-0.25, -0.2) is 0 Å². The Kier molecular flexibility index (Phi) is 2.47. The van der Waals surface area contributed by atoms with Crippen LogP contribution in [0, 0.1) is 5.92 Å². The van der Waals surface area contributed by atoms with Gasteiger partial charge in [0.1, 0.15) is 6.10 Å². The van der Waals surface area contributed by atoms with Gasteiger partial charge in [-0.3, -0.25) is 4.79 Å². The van der Waals surface area contributed by atoms with Crippen LogP contribution in [0.3, 0.4) is 0 Å². The van der Waals surface area contributed by atoms with Crippen LogP contribution >= 0.6 is 0 Å². The van der Waals surface area contributed by atoms with Crippen LogP contribution in [0.2, 0.25) is 0 Å². The maximum absolute atomic E-state index is 10.5. The van der Waals surface area contributed by atoms with Crippen molar-refractivity contribution in [1.82, 2.24) is 0 Å². The van der Waals surface area contributed by atoms with Crippen molar-refractivity contribution in [1.29, 1.82) is 0 Å². The molecule has 0 radical (unpaired) electrons. The zero-order valence-corrected chi connectivity index (χ0v) is 6.78. The monoisotopic (exact) mass is 152 g/mol. The molecule has 0 aromatic rings. The molecule has 1 aliphatic carbocycles. The van der Waals surface area contributed by atoms with E-state index < -0.39 is 0 Å². The highest BCUT2D eigenvalue weighted by molar-refractivity contribution is 5.66. The lowest BCUT2D eigenvalue weighted by Crippen LogP contribution is -2.18. The summed E-state index contributed by atoms with van der Waals surface area (Å²) in [5, 5.41) is 0. The lowest BCUT2D eigenvalue weighted by molar-refractivity contribution is -0.146. The minimum absolute atomic E-state index is 0.0394. The number of hydrogen-bond donors (Lipinski definition) is 0. The Morgan fingerprint density at radius 1 is 1.45 bits per heavy atom. The first kappa shape index (κ1) is 8.05. The Morgan fingerprint density at radius 3 is 2.45 bits per heavy atom. The quantitative estimate of drug-likeness (QED) is 0.563. The SMILES string of the molecule is CC(=O)OC(C)C1C=CC=C1. The molecule has 1 atom stereocenters. The van der Waals surface area contributed by atoms with Crippen molar-refractivity contribution in [3.05, 3.63) is 24.3 Å². The topological polar surface area (TPSA) is 26.3 Å². The van der Waals surface area contributed by atoms with E-state index in [1.165, 1.54) is 6.92 Å². The summed E-state index contributed by atoms with van der Waals surface area (Å²) in [6, 6.07) is 0. The van der Waals surface area contributed by atoms with Crippen molar-refractivity contribution in [2.24, 2.45) is 5.92 Å². The van der Waals surface area contributed by atoms with Crippen molar-refractivity contribution in [2.45, 2.75) is 20.0 Å². The van der Waals surface area contributed by atoms with E-state index in [1.54, 1.807) is 0 Å². The second-order valence-electron chi connectivity index (χ2n) is 2.66. The van der Waals surface area contributed by atoms with Gasteiger partial charge in [0.25, 0.3) is 0 Å². The van der Waals surface area contributed by atoms with E-state index in [4.69, 9.17) is 4.74 Å². The standard InChI is InChI=1S/C9H12O2/c1-7(11-8(2)10)9-5-3-4-6-9/h3-7,9H,1-2H3. The van der Waals surface area contributed by atoms with E-state index in [9.17, 15) is 4.79 Å². The van der Waals surface area contributed by atoms with Crippen LogP contribution in [0.1, 0.15) is 13.8 Å². The molecule has 0 aliphatic heterocycles. The first-order valence-corrected chi connectivity index (χ1v) is 3.72. The van der Waals surface area contributed by atoms with Gasteiger partial charge in [0.05, 0.1) is 0 Å². The van der Waals surface area contributed by atoms with Gasteiger partial charge in [0, 0.05) is 12.8 Å². The van der Waals surface area contributed by atoms with Crippen LogP contribution in [-0.4, -0.2) is 12.1 Å². The van der Waals surface area contributed by atoms with Gasteiger partial charge in [0.15, 0.2) is 0 Å². The maximum atomic E-state index is 10.5. The van der Waals surface area contributed by atoms with Gasteiger partial charge in [-0.1, -0.05) is 24.3 Å². The van der Waals surface area contributed by atoms with Crippen LogP contribution < -0.4 is 0 Å². The van der Waals surface area contributed by atoms with Gasteiger partial charge < -0.3 is 4.74 Å². The Morgan fingerprint density at radius 2 is 2.00 bits per heavy atom. The van der Waals surface area contributed by atoms with E-state index in [0.717, 1.165) is 0 Å². The van der Waals surface area contributed by atoms with Crippen LogP contribution in [0.5, 0.6) is 0 Å². The molecule has 60 valence electrons. The van der Waals surface area contributed by atoms with Crippen LogP contribution in [-0.2, 0) is 9.53 Å². The van der Waals surface area contributed by atoms with E-state index in [0.29, 0.717) is 0 Å².